The van der Waals surface area contributed by atoms with Gasteiger partial charge < -0.3 is 14.7 Å². The molecule has 7 heteroatoms. The lowest BCUT2D eigenvalue weighted by Gasteiger charge is -2.35. The number of rotatable bonds is 7. The van der Waals surface area contributed by atoms with E-state index in [9.17, 15) is 0 Å². The predicted octanol–water partition coefficient (Wildman–Crippen LogP) is 2.01. The fraction of sp³-hybridized carbons (Fsp3) is 0.556. The number of para-hydroxylation sites is 1. The van der Waals surface area contributed by atoms with Gasteiger partial charge in [-0.05, 0) is 26.1 Å². The summed E-state index contributed by atoms with van der Waals surface area (Å²) in [5.74, 6) is 1.54. The van der Waals surface area contributed by atoms with Crippen LogP contribution in [0, 0.1) is 0 Å². The van der Waals surface area contributed by atoms with Crippen LogP contribution in [0.1, 0.15) is 18.6 Å². The Kier molecular flexibility index (Phi) is 7.68. The lowest BCUT2D eigenvalue weighted by molar-refractivity contribution is 0.249. The second-order valence-corrected chi connectivity index (χ2v) is 6.41. The molecule has 3 rings (SSSR count). The molecule has 1 aliphatic rings. The topological polar surface area (TPSA) is 57.4 Å². The van der Waals surface area contributed by atoms with Crippen LogP contribution in [0.25, 0.3) is 0 Å². The Hall–Kier alpha value is -1.63. The highest BCUT2D eigenvalue weighted by atomic mass is 35.5. The number of likely N-dealkylation sites (N-methyl/N-ethyl adjacent to an activating group) is 1. The van der Waals surface area contributed by atoms with Gasteiger partial charge in [0.05, 0.1) is 0 Å². The molecule has 0 aliphatic carbocycles. The van der Waals surface area contributed by atoms with Crippen molar-refractivity contribution >= 4 is 18.1 Å². The lowest BCUT2D eigenvalue weighted by atomic mass is 10.2. The fourth-order valence-electron chi connectivity index (χ4n) is 2.97. The van der Waals surface area contributed by atoms with Crippen LogP contribution in [0.3, 0.4) is 0 Å². The molecule has 1 fully saturated rings. The highest BCUT2D eigenvalue weighted by Crippen LogP contribution is 2.15. The highest BCUT2D eigenvalue weighted by Gasteiger charge is 2.18. The minimum Gasteiger partial charge on any atom is -0.369 e. The third-order valence-electron chi connectivity index (χ3n) is 4.63. The van der Waals surface area contributed by atoms with Crippen molar-refractivity contribution in [2.45, 2.75) is 25.8 Å². The third-order valence-corrected chi connectivity index (χ3v) is 4.63. The molecule has 2 aromatic rings. The third kappa shape index (κ3) is 5.70. The number of halogens is 1. The van der Waals surface area contributed by atoms with Gasteiger partial charge in [0.25, 0.3) is 0 Å². The van der Waals surface area contributed by atoms with Crippen molar-refractivity contribution in [3.05, 3.63) is 42.0 Å². The van der Waals surface area contributed by atoms with E-state index in [4.69, 9.17) is 4.52 Å². The Morgan fingerprint density at radius 1 is 1.16 bits per heavy atom. The average Bonchev–Trinajstić information content (AvgIpc) is 3.08. The number of nitrogens with one attached hydrogen (secondary N) is 1. The summed E-state index contributed by atoms with van der Waals surface area (Å²) >= 11 is 0. The van der Waals surface area contributed by atoms with Gasteiger partial charge in [0.15, 0.2) is 5.82 Å². The van der Waals surface area contributed by atoms with E-state index in [1.54, 1.807) is 0 Å². The van der Waals surface area contributed by atoms with E-state index < -0.39 is 0 Å². The summed E-state index contributed by atoms with van der Waals surface area (Å²) in [6.45, 7) is 7.38. The number of anilines is 1. The first-order chi connectivity index (χ1) is 11.7. The first kappa shape index (κ1) is 19.7. The number of piperazine rings is 1. The number of benzene rings is 1. The molecular weight excluding hydrogens is 338 g/mol. The zero-order valence-electron chi connectivity index (χ0n) is 15.0. The number of nitrogens with zero attached hydrogens (tertiary/aromatic N) is 4. The van der Waals surface area contributed by atoms with Crippen LogP contribution in [-0.4, -0.2) is 60.9 Å². The average molecular weight is 366 g/mol. The molecule has 1 unspecified atom stereocenters. The molecule has 138 valence electrons. The molecule has 0 bridgehead atoms. The molecule has 25 heavy (non-hydrogen) atoms. The van der Waals surface area contributed by atoms with Gasteiger partial charge in [-0.1, -0.05) is 23.4 Å². The molecule has 1 saturated heterocycles. The largest absolute Gasteiger partial charge is 0.369 e. The van der Waals surface area contributed by atoms with Gasteiger partial charge in [0.1, 0.15) is 0 Å². The van der Waals surface area contributed by atoms with E-state index in [-0.39, 0.29) is 12.4 Å². The molecule has 1 aromatic carbocycles. The van der Waals surface area contributed by atoms with Crippen molar-refractivity contribution < 1.29 is 4.52 Å². The van der Waals surface area contributed by atoms with Crippen LogP contribution in [0.2, 0.25) is 0 Å². The molecule has 0 radical (unpaired) electrons. The van der Waals surface area contributed by atoms with E-state index in [1.165, 1.54) is 5.69 Å². The molecule has 0 spiro atoms. The van der Waals surface area contributed by atoms with Gasteiger partial charge in [-0.15, -0.1) is 12.4 Å². The van der Waals surface area contributed by atoms with Crippen molar-refractivity contribution in [1.82, 2.24) is 20.4 Å². The molecule has 1 atom stereocenters. The summed E-state index contributed by atoms with van der Waals surface area (Å²) in [5.41, 5.74) is 1.32. The monoisotopic (exact) mass is 365 g/mol. The summed E-state index contributed by atoms with van der Waals surface area (Å²) in [5, 5.41) is 7.26. The van der Waals surface area contributed by atoms with Crippen LogP contribution >= 0.6 is 12.4 Å². The van der Waals surface area contributed by atoms with Gasteiger partial charge in [0, 0.05) is 57.3 Å². The standard InChI is InChI=1S/C18H27N5O.ClH/c1-15(19-2)14-17-20-18(24-21-17)8-9-22-10-12-23(13-11-22)16-6-4-3-5-7-16;/h3-7,15,19H,8-14H2,1-2H3;1H. The Bertz CT molecular complexity index is 613. The van der Waals surface area contributed by atoms with Crippen molar-refractivity contribution in [3.8, 4) is 0 Å². The first-order valence-corrected chi connectivity index (χ1v) is 8.75. The number of hydrogen-bond donors (Lipinski definition) is 1. The van der Waals surface area contributed by atoms with Crippen LogP contribution < -0.4 is 10.2 Å². The summed E-state index contributed by atoms with van der Waals surface area (Å²) in [7, 11) is 1.95. The molecule has 2 heterocycles. The minimum atomic E-state index is 0. The lowest BCUT2D eigenvalue weighted by Crippen LogP contribution is -2.47. The predicted molar refractivity (Wildman–Crippen MR) is 103 cm³/mol. The van der Waals surface area contributed by atoms with E-state index >= 15 is 0 Å². The van der Waals surface area contributed by atoms with Crippen molar-refractivity contribution in [2.24, 2.45) is 0 Å². The van der Waals surface area contributed by atoms with Gasteiger partial charge in [-0.2, -0.15) is 4.98 Å². The smallest absolute Gasteiger partial charge is 0.227 e. The van der Waals surface area contributed by atoms with Gasteiger partial charge in [-0.3, -0.25) is 4.90 Å². The second-order valence-electron chi connectivity index (χ2n) is 6.41. The zero-order valence-corrected chi connectivity index (χ0v) is 15.8. The number of aromatic nitrogens is 2. The van der Waals surface area contributed by atoms with Crippen molar-refractivity contribution in [2.75, 3.05) is 44.7 Å². The van der Waals surface area contributed by atoms with E-state index in [0.717, 1.165) is 57.3 Å². The summed E-state index contributed by atoms with van der Waals surface area (Å²) in [6, 6.07) is 11.0. The molecule has 0 saturated carbocycles. The molecule has 6 nitrogen and oxygen atoms in total. The van der Waals surface area contributed by atoms with Crippen molar-refractivity contribution in [3.63, 3.8) is 0 Å². The molecule has 0 amide bonds. The summed E-state index contributed by atoms with van der Waals surface area (Å²) in [6.07, 6.45) is 1.63. The fourth-order valence-corrected chi connectivity index (χ4v) is 2.97. The van der Waals surface area contributed by atoms with Crippen LogP contribution in [-0.2, 0) is 12.8 Å². The normalized spacial score (nSPS) is 16.5. The number of hydrogen-bond acceptors (Lipinski definition) is 6. The Labute approximate surface area is 156 Å². The Morgan fingerprint density at radius 3 is 2.56 bits per heavy atom. The van der Waals surface area contributed by atoms with Crippen LogP contribution in [0.15, 0.2) is 34.9 Å². The maximum atomic E-state index is 5.37. The van der Waals surface area contributed by atoms with Gasteiger partial charge in [0.2, 0.25) is 5.89 Å². The summed E-state index contributed by atoms with van der Waals surface area (Å²) in [4.78, 5) is 9.41. The minimum absolute atomic E-state index is 0. The van der Waals surface area contributed by atoms with Crippen LogP contribution in [0.4, 0.5) is 5.69 Å². The quantitative estimate of drug-likeness (QED) is 0.810. The Balaban J connectivity index is 0.00000225. The first-order valence-electron chi connectivity index (χ1n) is 8.75. The molecule has 1 N–H and O–H groups in total. The maximum absolute atomic E-state index is 5.37. The second kappa shape index (κ2) is 9.75. The highest BCUT2D eigenvalue weighted by molar-refractivity contribution is 5.85. The zero-order chi connectivity index (χ0) is 16.8. The van der Waals surface area contributed by atoms with E-state index in [0.29, 0.717) is 6.04 Å². The van der Waals surface area contributed by atoms with Crippen LogP contribution in [0.5, 0.6) is 0 Å². The SMILES string of the molecule is CNC(C)Cc1noc(CCN2CCN(c3ccccc3)CC2)n1.Cl. The Morgan fingerprint density at radius 2 is 1.88 bits per heavy atom. The van der Waals surface area contributed by atoms with Crippen molar-refractivity contribution in [1.29, 1.82) is 0 Å². The molecular formula is C18H28ClN5O. The van der Waals surface area contributed by atoms with E-state index in [2.05, 4.69) is 62.5 Å². The van der Waals surface area contributed by atoms with Gasteiger partial charge in [-0.25, -0.2) is 0 Å². The van der Waals surface area contributed by atoms with E-state index in [1.807, 2.05) is 7.05 Å². The van der Waals surface area contributed by atoms with Gasteiger partial charge >= 0.3 is 0 Å². The maximum Gasteiger partial charge on any atom is 0.227 e. The molecule has 1 aliphatic heterocycles. The summed E-state index contributed by atoms with van der Waals surface area (Å²) < 4.78 is 5.37. The molecule has 1 aromatic heterocycles.